The average Bonchev–Trinajstić information content (AvgIpc) is 3.60. The molecule has 2 saturated carbocycles. The topological polar surface area (TPSA) is 57.4 Å². The third kappa shape index (κ3) is 5.33. The molecule has 0 saturated heterocycles. The number of aromatic nitrogens is 1. The van der Waals surface area contributed by atoms with Crippen LogP contribution in [0.25, 0.3) is 17.0 Å². The number of hydrogen-bond acceptors (Lipinski definition) is 3. The molecule has 6 rings (SSSR count). The van der Waals surface area contributed by atoms with Crippen molar-refractivity contribution in [2.75, 3.05) is 19.7 Å². The molecule has 0 spiro atoms. The Bertz CT molecular complexity index is 1330. The van der Waals surface area contributed by atoms with Gasteiger partial charge in [0, 0.05) is 41.8 Å². The third-order valence-corrected chi connectivity index (χ3v) is 7.78. The normalized spacial score (nSPS) is 16.8. The molecule has 2 fully saturated rings. The molecule has 2 heterocycles. The number of benzene rings is 2. The van der Waals surface area contributed by atoms with E-state index in [1.165, 1.54) is 18.6 Å². The molecule has 1 aromatic heterocycles. The van der Waals surface area contributed by atoms with Crippen LogP contribution in [0.2, 0.25) is 0 Å². The summed E-state index contributed by atoms with van der Waals surface area (Å²) in [5.74, 6) is -0.129. The van der Waals surface area contributed by atoms with Crippen molar-refractivity contribution in [2.24, 2.45) is 5.92 Å². The van der Waals surface area contributed by atoms with E-state index in [0.717, 1.165) is 67.2 Å². The minimum atomic E-state index is -0.444. The van der Waals surface area contributed by atoms with Gasteiger partial charge in [-0.05, 0) is 92.8 Å². The van der Waals surface area contributed by atoms with Crippen LogP contribution in [0.5, 0.6) is 5.75 Å². The fourth-order valence-electron chi connectivity index (χ4n) is 5.29. The number of carbonyl (C=O) groups excluding carboxylic acids is 1. The van der Waals surface area contributed by atoms with Crippen LogP contribution in [-0.4, -0.2) is 41.5 Å². The van der Waals surface area contributed by atoms with E-state index < -0.39 is 5.82 Å². The lowest BCUT2D eigenvalue weighted by molar-refractivity contribution is 0.0950. The number of halogens is 3. The Balaban J connectivity index is 0.00000280. The van der Waals surface area contributed by atoms with Crippen LogP contribution >= 0.6 is 12.4 Å². The second-order valence-corrected chi connectivity index (χ2v) is 10.3. The van der Waals surface area contributed by atoms with Crippen molar-refractivity contribution >= 4 is 35.3 Å². The van der Waals surface area contributed by atoms with Crippen LogP contribution in [-0.2, 0) is 6.42 Å². The predicted molar refractivity (Wildman–Crippen MR) is 143 cm³/mol. The Hall–Kier alpha value is -3.06. The van der Waals surface area contributed by atoms with E-state index in [1.54, 1.807) is 18.2 Å². The van der Waals surface area contributed by atoms with E-state index in [1.807, 2.05) is 12.3 Å². The third-order valence-electron chi connectivity index (χ3n) is 7.78. The number of rotatable bonds is 9. The van der Waals surface area contributed by atoms with Crippen LogP contribution in [0.4, 0.5) is 8.78 Å². The molecule has 2 N–H and O–H groups in total. The van der Waals surface area contributed by atoms with Crippen molar-refractivity contribution in [3.63, 3.8) is 0 Å². The summed E-state index contributed by atoms with van der Waals surface area (Å²) in [6, 6.07) is 8.12. The molecule has 3 aromatic rings. The number of amides is 1. The lowest BCUT2D eigenvalue weighted by Crippen LogP contribution is -2.42. The zero-order valence-electron chi connectivity index (χ0n) is 20.7. The maximum absolute atomic E-state index is 14.6. The van der Waals surface area contributed by atoms with Gasteiger partial charge in [-0.25, -0.2) is 8.78 Å². The fourth-order valence-corrected chi connectivity index (χ4v) is 5.29. The molecule has 0 atom stereocenters. The van der Waals surface area contributed by atoms with E-state index in [4.69, 9.17) is 4.74 Å². The summed E-state index contributed by atoms with van der Waals surface area (Å²) in [4.78, 5) is 18.5. The molecule has 2 aromatic carbocycles. The fraction of sp³-hybridized carbons (Fsp3) is 0.414. The van der Waals surface area contributed by atoms with Gasteiger partial charge >= 0.3 is 0 Å². The number of ether oxygens (including phenoxy) is 1. The molecule has 1 amide bonds. The van der Waals surface area contributed by atoms with E-state index in [-0.39, 0.29) is 36.5 Å². The highest BCUT2D eigenvalue weighted by atomic mass is 35.5. The Kier molecular flexibility index (Phi) is 7.43. The smallest absolute Gasteiger partial charge is 0.252 e. The second-order valence-electron chi connectivity index (χ2n) is 10.3. The Morgan fingerprint density at radius 3 is 2.73 bits per heavy atom. The highest BCUT2D eigenvalue weighted by Gasteiger charge is 2.30. The highest BCUT2D eigenvalue weighted by Crippen LogP contribution is 2.36. The average molecular weight is 528 g/mol. The molecular formula is C29H32ClF2N3O2. The molecule has 37 heavy (non-hydrogen) atoms. The molecule has 5 nitrogen and oxygen atoms in total. The van der Waals surface area contributed by atoms with Crippen molar-refractivity contribution in [3.8, 4) is 5.75 Å². The molecule has 0 unspecified atom stereocenters. The molecule has 196 valence electrons. The summed E-state index contributed by atoms with van der Waals surface area (Å²) in [5.41, 5.74) is 4.02. The van der Waals surface area contributed by atoms with Gasteiger partial charge in [-0.1, -0.05) is 0 Å². The minimum absolute atomic E-state index is 0. The van der Waals surface area contributed by atoms with Crippen molar-refractivity contribution in [1.82, 2.24) is 15.2 Å². The number of fused-ring (bicyclic) bond motifs is 2. The van der Waals surface area contributed by atoms with Crippen LogP contribution in [0.3, 0.4) is 0 Å². The van der Waals surface area contributed by atoms with E-state index in [2.05, 4.69) is 15.2 Å². The molecule has 3 aliphatic rings. The number of aromatic amines is 1. The summed E-state index contributed by atoms with van der Waals surface area (Å²) in [6.45, 7) is 1.76. The van der Waals surface area contributed by atoms with E-state index in [9.17, 15) is 13.6 Å². The van der Waals surface area contributed by atoms with Gasteiger partial charge < -0.3 is 19.9 Å². The summed E-state index contributed by atoms with van der Waals surface area (Å²) >= 11 is 0. The van der Waals surface area contributed by atoms with E-state index in [0.29, 0.717) is 29.6 Å². The first-order chi connectivity index (χ1) is 17.6. The number of nitrogens with one attached hydrogen (secondary N) is 2. The largest absolute Gasteiger partial charge is 0.484 e. The Morgan fingerprint density at radius 1 is 1.14 bits per heavy atom. The van der Waals surface area contributed by atoms with Gasteiger partial charge in [0.2, 0.25) is 0 Å². The minimum Gasteiger partial charge on any atom is -0.484 e. The summed E-state index contributed by atoms with van der Waals surface area (Å²) in [7, 11) is 0. The van der Waals surface area contributed by atoms with Crippen molar-refractivity contribution in [2.45, 2.75) is 51.0 Å². The summed E-state index contributed by atoms with van der Waals surface area (Å²) in [6.07, 6.45) is 11.3. The molecular weight excluding hydrogens is 496 g/mol. The van der Waals surface area contributed by atoms with Gasteiger partial charge in [0.1, 0.15) is 12.4 Å². The number of nitrogens with zero attached hydrogens (tertiary/aromatic N) is 1. The first-order valence-electron chi connectivity index (χ1n) is 13.0. The number of H-pyrrole nitrogens is 1. The second kappa shape index (κ2) is 10.7. The van der Waals surface area contributed by atoms with Crippen LogP contribution < -0.4 is 10.1 Å². The lowest BCUT2D eigenvalue weighted by atomic mass is 9.90. The van der Waals surface area contributed by atoms with Gasteiger partial charge in [0.05, 0.1) is 11.3 Å². The first-order valence-corrected chi connectivity index (χ1v) is 13.0. The number of aryl methyl sites for hydroxylation is 1. The van der Waals surface area contributed by atoms with Gasteiger partial charge in [0.25, 0.3) is 5.91 Å². The Morgan fingerprint density at radius 2 is 1.97 bits per heavy atom. The van der Waals surface area contributed by atoms with Crippen molar-refractivity contribution in [1.29, 1.82) is 0 Å². The molecule has 8 heteroatoms. The summed E-state index contributed by atoms with van der Waals surface area (Å²) < 4.78 is 34.3. The molecule has 0 radical (unpaired) electrons. The highest BCUT2D eigenvalue weighted by molar-refractivity contribution is 5.99. The number of hydrogen-bond donors (Lipinski definition) is 2. The molecule has 1 aliphatic heterocycles. The van der Waals surface area contributed by atoms with Crippen molar-refractivity contribution in [3.05, 3.63) is 70.6 Å². The quantitative estimate of drug-likeness (QED) is 0.347. The maximum Gasteiger partial charge on any atom is 0.252 e. The van der Waals surface area contributed by atoms with Gasteiger partial charge in [-0.2, -0.15) is 0 Å². The van der Waals surface area contributed by atoms with E-state index >= 15 is 0 Å². The lowest BCUT2D eigenvalue weighted by Gasteiger charge is -2.41. The zero-order valence-corrected chi connectivity index (χ0v) is 21.5. The van der Waals surface area contributed by atoms with Gasteiger partial charge in [-0.3, -0.25) is 4.79 Å². The molecule has 0 bridgehead atoms. The standard InChI is InChI=1S/C29H31F2N3O2.ClH/c30-20-8-11-27-24(13-20)19(16-32-27)3-2-12-34(21-4-1-5-21)22-14-25-23(29(35)33-15-18-6-7-18)9-10-26(31)28(25)36-17-22;/h8-11,13-14,16,18,21,32H,1-7,12,15,17H2,(H,33,35);1H. The predicted octanol–water partition coefficient (Wildman–Crippen LogP) is 6.23. The SMILES string of the molecule is Cl.O=C(NCC1CC1)c1ccc(F)c2c1C=C(N(CCCc1c[nH]c3ccc(F)cc13)C1CCC1)CO2. The van der Waals surface area contributed by atoms with Crippen molar-refractivity contribution < 1.29 is 18.3 Å². The van der Waals surface area contributed by atoms with Crippen LogP contribution in [0.1, 0.15) is 60.0 Å². The maximum atomic E-state index is 14.6. The zero-order chi connectivity index (χ0) is 24.6. The first kappa shape index (κ1) is 25.6. The van der Waals surface area contributed by atoms with Gasteiger partial charge in [-0.15, -0.1) is 12.4 Å². The molecule has 2 aliphatic carbocycles. The van der Waals surface area contributed by atoms with Gasteiger partial charge in [0.15, 0.2) is 11.6 Å². The monoisotopic (exact) mass is 527 g/mol. The summed E-state index contributed by atoms with van der Waals surface area (Å²) in [5, 5.41) is 3.93. The number of carbonyl (C=O) groups is 1. The van der Waals surface area contributed by atoms with Crippen LogP contribution in [0, 0.1) is 17.6 Å². The van der Waals surface area contributed by atoms with Crippen LogP contribution in [0.15, 0.2) is 42.2 Å². The Labute approximate surface area is 221 Å².